The molecule has 0 atom stereocenters. The van der Waals surface area contributed by atoms with Crippen LogP contribution in [0.4, 0.5) is 4.79 Å². The normalized spacial score (nSPS) is 10.2. The van der Waals surface area contributed by atoms with Gasteiger partial charge in [-0.3, -0.25) is 0 Å². The third-order valence-corrected chi connectivity index (χ3v) is 2.54. The molecule has 0 aromatic heterocycles. The number of benzene rings is 1. The van der Waals surface area contributed by atoms with E-state index in [1.165, 1.54) is 11.1 Å². The van der Waals surface area contributed by atoms with Gasteiger partial charge in [0.05, 0.1) is 0 Å². The van der Waals surface area contributed by atoms with Crippen LogP contribution in [0.5, 0.6) is 0 Å². The van der Waals surface area contributed by atoms with Crippen LogP contribution in [0.3, 0.4) is 0 Å². The van der Waals surface area contributed by atoms with Gasteiger partial charge in [0, 0.05) is 0 Å². The van der Waals surface area contributed by atoms with E-state index in [1.807, 2.05) is 25.1 Å². The second kappa shape index (κ2) is 6.05. The minimum atomic E-state index is -0.777. The average Bonchev–Trinajstić information content (AvgIpc) is 2.25. The van der Waals surface area contributed by atoms with Crippen molar-refractivity contribution in [3.63, 3.8) is 0 Å². The Hall–Kier alpha value is -2.04. The van der Waals surface area contributed by atoms with Crippen molar-refractivity contribution < 1.29 is 9.53 Å². The molecule has 1 rings (SSSR count). The van der Waals surface area contributed by atoms with Gasteiger partial charge < -0.3 is 16.2 Å². The molecule has 1 amide bonds. The van der Waals surface area contributed by atoms with Crippen molar-refractivity contribution in [3.05, 3.63) is 34.9 Å². The largest absolute Gasteiger partial charge is 0.443 e. The van der Waals surface area contributed by atoms with Crippen LogP contribution in [0, 0.1) is 6.92 Å². The Kier molecular flexibility index (Phi) is 4.71. The topological polar surface area (TPSA) is 90.7 Å². The quantitative estimate of drug-likeness (QED) is 0.633. The van der Waals surface area contributed by atoms with Gasteiger partial charge >= 0.3 is 6.09 Å². The van der Waals surface area contributed by atoms with Crippen molar-refractivity contribution in [2.75, 3.05) is 0 Å². The second-order valence-corrected chi connectivity index (χ2v) is 4.44. The Morgan fingerprint density at radius 1 is 1.39 bits per heavy atom. The van der Waals surface area contributed by atoms with Crippen LogP contribution in [0.1, 0.15) is 36.5 Å². The van der Waals surface area contributed by atoms with E-state index in [1.54, 1.807) is 0 Å². The summed E-state index contributed by atoms with van der Waals surface area (Å²) in [4.78, 5) is 14.4. The summed E-state index contributed by atoms with van der Waals surface area (Å²) in [6.07, 6.45) is -0.777. The fraction of sp³-hybridized carbons (Fsp3) is 0.385. The molecule has 0 aliphatic heterocycles. The molecule has 5 nitrogen and oxygen atoms in total. The smallest absolute Gasteiger partial charge is 0.437 e. The Labute approximate surface area is 107 Å². The van der Waals surface area contributed by atoms with Crippen molar-refractivity contribution >= 4 is 12.1 Å². The van der Waals surface area contributed by atoms with Crippen LogP contribution in [-0.4, -0.2) is 12.1 Å². The zero-order chi connectivity index (χ0) is 13.7. The second-order valence-electron chi connectivity index (χ2n) is 4.44. The molecule has 98 valence electrons. The van der Waals surface area contributed by atoms with E-state index in [0.717, 1.165) is 5.56 Å². The van der Waals surface area contributed by atoms with Gasteiger partial charge in [0.15, 0.2) is 5.96 Å². The van der Waals surface area contributed by atoms with Crippen molar-refractivity contribution in [2.24, 2.45) is 16.5 Å². The Morgan fingerprint density at radius 2 is 2.06 bits per heavy atom. The third-order valence-electron chi connectivity index (χ3n) is 2.54. The number of guanidine groups is 1. The highest BCUT2D eigenvalue weighted by atomic mass is 16.5. The summed E-state index contributed by atoms with van der Waals surface area (Å²) in [6.45, 7) is 6.48. The van der Waals surface area contributed by atoms with Crippen molar-refractivity contribution in [1.82, 2.24) is 0 Å². The van der Waals surface area contributed by atoms with E-state index in [2.05, 4.69) is 18.8 Å². The van der Waals surface area contributed by atoms with E-state index >= 15 is 0 Å². The zero-order valence-electron chi connectivity index (χ0n) is 10.9. The van der Waals surface area contributed by atoms with E-state index in [4.69, 9.17) is 16.2 Å². The van der Waals surface area contributed by atoms with E-state index in [-0.39, 0.29) is 12.6 Å². The third kappa shape index (κ3) is 4.08. The number of ether oxygens (including phenoxy) is 1. The van der Waals surface area contributed by atoms with Crippen LogP contribution in [-0.2, 0) is 11.3 Å². The first-order chi connectivity index (χ1) is 8.40. The lowest BCUT2D eigenvalue weighted by atomic mass is 9.96. The van der Waals surface area contributed by atoms with Crippen molar-refractivity contribution in [2.45, 2.75) is 33.3 Å². The van der Waals surface area contributed by atoms with Gasteiger partial charge in [-0.1, -0.05) is 32.0 Å². The lowest BCUT2D eigenvalue weighted by Crippen LogP contribution is -2.24. The number of amides is 1. The number of carbonyl (C=O) groups excluding carboxylic acids is 1. The van der Waals surface area contributed by atoms with Crippen LogP contribution >= 0.6 is 0 Å². The first kappa shape index (κ1) is 14.0. The monoisotopic (exact) mass is 249 g/mol. The molecule has 0 unspecified atom stereocenters. The molecule has 0 radical (unpaired) electrons. The highest BCUT2D eigenvalue weighted by molar-refractivity contribution is 5.87. The Morgan fingerprint density at radius 3 is 2.56 bits per heavy atom. The maximum absolute atomic E-state index is 11.1. The van der Waals surface area contributed by atoms with Gasteiger partial charge in [0.2, 0.25) is 0 Å². The highest BCUT2D eigenvalue weighted by Crippen LogP contribution is 2.20. The van der Waals surface area contributed by atoms with Gasteiger partial charge in [-0.25, -0.2) is 4.79 Å². The maximum atomic E-state index is 11.1. The molecular weight excluding hydrogens is 230 g/mol. The number of hydrogen-bond acceptors (Lipinski definition) is 2. The number of carbonyl (C=O) groups is 1. The van der Waals surface area contributed by atoms with Crippen LogP contribution in [0.2, 0.25) is 0 Å². The summed E-state index contributed by atoms with van der Waals surface area (Å²) in [5.41, 5.74) is 13.5. The molecule has 1 aromatic carbocycles. The molecule has 18 heavy (non-hydrogen) atoms. The van der Waals surface area contributed by atoms with Crippen LogP contribution in [0.15, 0.2) is 23.2 Å². The summed E-state index contributed by atoms with van der Waals surface area (Å²) in [6, 6.07) is 5.98. The lowest BCUT2D eigenvalue weighted by molar-refractivity contribution is 0.150. The molecular formula is C13H19N3O2. The molecule has 0 fully saturated rings. The number of hydrogen-bond donors (Lipinski definition) is 2. The summed E-state index contributed by atoms with van der Waals surface area (Å²) in [5.74, 6) is 0.176. The number of aryl methyl sites for hydroxylation is 1. The maximum Gasteiger partial charge on any atom is 0.437 e. The van der Waals surface area contributed by atoms with Crippen LogP contribution < -0.4 is 11.5 Å². The number of nitrogens with zero attached hydrogens (tertiary/aromatic N) is 1. The summed E-state index contributed by atoms with van der Waals surface area (Å²) >= 11 is 0. The van der Waals surface area contributed by atoms with Crippen LogP contribution in [0.25, 0.3) is 0 Å². The molecule has 0 aliphatic carbocycles. The minimum Gasteiger partial charge on any atom is -0.443 e. The molecule has 5 heteroatoms. The van der Waals surface area contributed by atoms with Gasteiger partial charge in [-0.05, 0) is 29.5 Å². The van der Waals surface area contributed by atoms with Gasteiger partial charge in [-0.15, -0.1) is 4.99 Å². The molecule has 0 aliphatic rings. The molecule has 0 heterocycles. The highest BCUT2D eigenvalue weighted by Gasteiger charge is 2.06. The van der Waals surface area contributed by atoms with Gasteiger partial charge in [0.1, 0.15) is 6.61 Å². The summed E-state index contributed by atoms with van der Waals surface area (Å²) in [5, 5.41) is 0. The summed E-state index contributed by atoms with van der Waals surface area (Å²) in [7, 11) is 0. The number of rotatable bonds is 3. The first-order valence-electron chi connectivity index (χ1n) is 5.76. The van der Waals surface area contributed by atoms with E-state index in [9.17, 15) is 4.79 Å². The number of nitrogens with two attached hydrogens (primary N) is 2. The van der Waals surface area contributed by atoms with E-state index in [0.29, 0.717) is 5.92 Å². The predicted octanol–water partition coefficient (Wildman–Crippen LogP) is 2.03. The fourth-order valence-electron chi connectivity index (χ4n) is 1.76. The molecule has 0 bridgehead atoms. The predicted molar refractivity (Wildman–Crippen MR) is 71.3 cm³/mol. The Balaban J connectivity index is 2.67. The molecule has 4 N–H and O–H groups in total. The first-order valence-corrected chi connectivity index (χ1v) is 5.76. The molecule has 0 saturated carbocycles. The van der Waals surface area contributed by atoms with E-state index < -0.39 is 6.09 Å². The average molecular weight is 249 g/mol. The van der Waals surface area contributed by atoms with Crippen molar-refractivity contribution in [1.29, 1.82) is 0 Å². The van der Waals surface area contributed by atoms with Gasteiger partial charge in [-0.2, -0.15) is 0 Å². The molecule has 0 saturated heterocycles. The van der Waals surface area contributed by atoms with Gasteiger partial charge in [0.25, 0.3) is 0 Å². The fourth-order valence-corrected chi connectivity index (χ4v) is 1.76. The standard InChI is InChI=1S/C13H19N3O2/c1-8(2)11-5-4-10(6-9(11)3)7-18-13(17)16-12(14)15/h4-6,8H,7H2,1-3H3,(H4,14,15,16,17). The molecule has 0 spiro atoms. The number of aliphatic imine (C=N–C) groups is 1. The zero-order valence-corrected chi connectivity index (χ0v) is 10.9. The lowest BCUT2D eigenvalue weighted by Gasteiger charge is -2.11. The Bertz CT molecular complexity index is 463. The summed E-state index contributed by atoms with van der Waals surface area (Å²) < 4.78 is 4.91. The van der Waals surface area contributed by atoms with Crippen molar-refractivity contribution in [3.8, 4) is 0 Å². The SMILES string of the molecule is Cc1cc(COC(=O)N=C(N)N)ccc1C(C)C. The molecule has 1 aromatic rings. The minimum absolute atomic E-state index is 0.162.